The van der Waals surface area contributed by atoms with Gasteiger partial charge in [-0.25, -0.2) is 14.5 Å². The Kier molecular flexibility index (Phi) is 4.92. The molecule has 7 heteroatoms. The molecule has 0 amide bonds. The van der Waals surface area contributed by atoms with Gasteiger partial charge in [0.1, 0.15) is 0 Å². The molecule has 25 heavy (non-hydrogen) atoms. The fraction of sp³-hybridized carbons (Fsp3) is 0.278. The summed E-state index contributed by atoms with van der Waals surface area (Å²) in [4.78, 5) is 16.9. The van der Waals surface area contributed by atoms with Gasteiger partial charge in [0.15, 0.2) is 5.65 Å². The van der Waals surface area contributed by atoms with E-state index in [1.54, 1.807) is 12.3 Å². The van der Waals surface area contributed by atoms with E-state index >= 15 is 0 Å². The van der Waals surface area contributed by atoms with Crippen molar-refractivity contribution in [1.29, 1.82) is 0 Å². The first-order valence-corrected chi connectivity index (χ1v) is 9.18. The first-order valence-electron chi connectivity index (χ1n) is 7.98. The van der Waals surface area contributed by atoms with Crippen LogP contribution in [0.2, 0.25) is 4.34 Å². The van der Waals surface area contributed by atoms with Gasteiger partial charge in [0, 0.05) is 34.0 Å². The molecule has 0 saturated heterocycles. The number of thiophene rings is 1. The summed E-state index contributed by atoms with van der Waals surface area (Å²) < 4.78 is 2.53. The molecule has 0 radical (unpaired) electrons. The number of aryl methyl sites for hydroxylation is 1. The number of fused-ring (bicyclic) bond motifs is 1. The highest BCUT2D eigenvalue weighted by Crippen LogP contribution is 2.40. The predicted molar refractivity (Wildman–Crippen MR) is 102 cm³/mol. The number of aromatic nitrogens is 3. The molecule has 0 unspecified atom stereocenters. The zero-order valence-corrected chi connectivity index (χ0v) is 15.7. The van der Waals surface area contributed by atoms with Crippen molar-refractivity contribution in [3.63, 3.8) is 0 Å². The lowest BCUT2D eigenvalue weighted by molar-refractivity contribution is -0.131. The Labute approximate surface area is 154 Å². The van der Waals surface area contributed by atoms with Gasteiger partial charge >= 0.3 is 5.97 Å². The third-order valence-corrected chi connectivity index (χ3v) is 5.16. The van der Waals surface area contributed by atoms with Gasteiger partial charge in [-0.1, -0.05) is 25.4 Å². The predicted octanol–water partition coefficient (Wildman–Crippen LogP) is 5.05. The topological polar surface area (TPSA) is 68.0 Å². The third kappa shape index (κ3) is 3.32. The highest BCUT2D eigenvalue weighted by Gasteiger charge is 2.20. The molecule has 0 aliphatic carbocycles. The molecule has 0 spiro atoms. The Balaban J connectivity index is 2.43. The van der Waals surface area contributed by atoms with Crippen LogP contribution < -0.4 is 0 Å². The number of hydrogen-bond donors (Lipinski definition) is 1. The van der Waals surface area contributed by atoms with Crippen LogP contribution in [-0.2, 0) is 11.3 Å². The fourth-order valence-corrected chi connectivity index (χ4v) is 3.95. The van der Waals surface area contributed by atoms with Gasteiger partial charge in [0.25, 0.3) is 0 Å². The van der Waals surface area contributed by atoms with E-state index in [0.29, 0.717) is 10.9 Å². The minimum absolute atomic E-state index is 0.132. The van der Waals surface area contributed by atoms with Crippen molar-refractivity contribution >= 4 is 46.0 Å². The highest BCUT2D eigenvalue weighted by atomic mass is 35.5. The van der Waals surface area contributed by atoms with Gasteiger partial charge in [0.05, 0.1) is 16.2 Å². The largest absolute Gasteiger partial charge is 0.478 e. The van der Waals surface area contributed by atoms with Crippen LogP contribution in [0.15, 0.2) is 24.4 Å². The van der Waals surface area contributed by atoms with E-state index in [2.05, 4.69) is 5.10 Å². The number of halogens is 1. The molecular formula is C18H18ClN3O2S. The Bertz CT molecular complexity index is 972. The van der Waals surface area contributed by atoms with Gasteiger partial charge in [-0.3, -0.25) is 0 Å². The standard InChI is InChI=1S/C18H18ClN3O2S/c1-4-22-18-12(9-20-22)16(13-6-7-14(19)25-13)11(5-8-15(23)24)17(21-18)10(2)3/h5-10H,4H2,1-3H3,(H,23,24)/b8-5+. The number of carboxylic acids is 1. The molecule has 0 bridgehead atoms. The summed E-state index contributed by atoms with van der Waals surface area (Å²) in [6.45, 7) is 6.82. The zero-order chi connectivity index (χ0) is 18.1. The molecule has 3 rings (SSSR count). The first-order chi connectivity index (χ1) is 11.9. The fourth-order valence-electron chi connectivity index (χ4n) is 2.83. The average molecular weight is 376 g/mol. The average Bonchev–Trinajstić information content (AvgIpc) is 3.16. The van der Waals surface area contributed by atoms with E-state index in [9.17, 15) is 4.79 Å². The van der Waals surface area contributed by atoms with E-state index in [0.717, 1.165) is 38.8 Å². The van der Waals surface area contributed by atoms with Gasteiger partial charge < -0.3 is 5.11 Å². The molecule has 0 fully saturated rings. The molecule has 0 aliphatic heterocycles. The van der Waals surface area contributed by atoms with Crippen molar-refractivity contribution in [3.05, 3.63) is 40.0 Å². The van der Waals surface area contributed by atoms with Crippen LogP contribution in [0.3, 0.4) is 0 Å². The quantitative estimate of drug-likeness (QED) is 0.633. The normalized spacial score (nSPS) is 11.9. The number of rotatable bonds is 5. The molecule has 3 aromatic rings. The van der Waals surface area contributed by atoms with Crippen molar-refractivity contribution < 1.29 is 9.90 Å². The zero-order valence-electron chi connectivity index (χ0n) is 14.2. The SMILES string of the molecule is CCn1ncc2c(-c3ccc(Cl)s3)c(/C=C/C(=O)O)c(C(C)C)nc21. The second kappa shape index (κ2) is 6.98. The van der Waals surface area contributed by atoms with Crippen LogP contribution in [0.4, 0.5) is 0 Å². The summed E-state index contributed by atoms with van der Waals surface area (Å²) in [5, 5.41) is 14.4. The van der Waals surface area contributed by atoms with Crippen LogP contribution >= 0.6 is 22.9 Å². The van der Waals surface area contributed by atoms with Crippen LogP contribution in [-0.4, -0.2) is 25.8 Å². The monoisotopic (exact) mass is 375 g/mol. The lowest BCUT2D eigenvalue weighted by atomic mass is 9.95. The summed E-state index contributed by atoms with van der Waals surface area (Å²) >= 11 is 7.61. The number of pyridine rings is 1. The molecule has 0 aliphatic rings. The second-order valence-electron chi connectivity index (χ2n) is 5.91. The van der Waals surface area contributed by atoms with Gasteiger partial charge in [-0.15, -0.1) is 11.3 Å². The molecule has 1 N–H and O–H groups in total. The summed E-state index contributed by atoms with van der Waals surface area (Å²) in [6.07, 6.45) is 4.56. The van der Waals surface area contributed by atoms with Crippen molar-refractivity contribution in [2.45, 2.75) is 33.2 Å². The Morgan fingerprint density at radius 3 is 2.76 bits per heavy atom. The second-order valence-corrected chi connectivity index (χ2v) is 7.63. The first kappa shape index (κ1) is 17.6. The third-order valence-electron chi connectivity index (χ3n) is 3.91. The summed E-state index contributed by atoms with van der Waals surface area (Å²) in [7, 11) is 0. The van der Waals surface area contributed by atoms with Crippen LogP contribution in [0.25, 0.3) is 27.6 Å². The van der Waals surface area contributed by atoms with E-state index in [1.807, 2.05) is 37.6 Å². The smallest absolute Gasteiger partial charge is 0.328 e. The van der Waals surface area contributed by atoms with Crippen LogP contribution in [0.5, 0.6) is 0 Å². The van der Waals surface area contributed by atoms with Crippen LogP contribution in [0, 0.1) is 0 Å². The molecular weight excluding hydrogens is 358 g/mol. The van der Waals surface area contributed by atoms with Gasteiger partial charge in [0.2, 0.25) is 0 Å². The summed E-state index contributed by atoms with van der Waals surface area (Å²) in [5.41, 5.74) is 3.39. The molecule has 0 aromatic carbocycles. The lowest BCUT2D eigenvalue weighted by Crippen LogP contribution is -2.04. The maximum atomic E-state index is 11.1. The highest BCUT2D eigenvalue weighted by molar-refractivity contribution is 7.19. The Morgan fingerprint density at radius 2 is 2.20 bits per heavy atom. The number of hydrogen-bond acceptors (Lipinski definition) is 4. The van der Waals surface area contributed by atoms with Gasteiger partial charge in [-0.2, -0.15) is 5.10 Å². The van der Waals surface area contributed by atoms with E-state index in [1.165, 1.54) is 11.3 Å². The minimum atomic E-state index is -0.991. The molecule has 130 valence electrons. The Hall–Kier alpha value is -2.18. The Morgan fingerprint density at radius 1 is 1.44 bits per heavy atom. The summed E-state index contributed by atoms with van der Waals surface area (Å²) in [6, 6.07) is 3.80. The van der Waals surface area contributed by atoms with Crippen molar-refractivity contribution in [2.24, 2.45) is 0 Å². The van der Waals surface area contributed by atoms with Crippen molar-refractivity contribution in [3.8, 4) is 10.4 Å². The van der Waals surface area contributed by atoms with Gasteiger partial charge in [-0.05, 0) is 31.1 Å². The number of aliphatic carboxylic acids is 1. The number of nitrogens with zero attached hydrogens (tertiary/aromatic N) is 3. The van der Waals surface area contributed by atoms with Crippen molar-refractivity contribution in [1.82, 2.24) is 14.8 Å². The molecule has 5 nitrogen and oxygen atoms in total. The van der Waals surface area contributed by atoms with E-state index < -0.39 is 5.97 Å². The molecule has 0 saturated carbocycles. The molecule has 0 atom stereocenters. The maximum absolute atomic E-state index is 11.1. The van der Waals surface area contributed by atoms with E-state index in [4.69, 9.17) is 21.7 Å². The van der Waals surface area contributed by atoms with Crippen LogP contribution in [0.1, 0.15) is 37.9 Å². The minimum Gasteiger partial charge on any atom is -0.478 e. The molecule has 3 aromatic heterocycles. The summed E-state index contributed by atoms with van der Waals surface area (Å²) in [5.74, 6) is -0.860. The lowest BCUT2D eigenvalue weighted by Gasteiger charge is -2.15. The van der Waals surface area contributed by atoms with Crippen molar-refractivity contribution in [2.75, 3.05) is 0 Å². The maximum Gasteiger partial charge on any atom is 0.328 e. The number of carboxylic acid groups (broad SMARTS) is 1. The van der Waals surface area contributed by atoms with E-state index in [-0.39, 0.29) is 5.92 Å². The number of carbonyl (C=O) groups is 1. The molecule has 3 heterocycles.